The average Bonchev–Trinajstić information content (AvgIpc) is 3.34. The number of benzene rings is 5. The monoisotopic (exact) mass is 516 g/mol. The van der Waals surface area contributed by atoms with E-state index in [4.69, 9.17) is 0 Å². The van der Waals surface area contributed by atoms with Crippen LogP contribution in [0.5, 0.6) is 0 Å². The molecule has 0 heterocycles. The molecule has 0 amide bonds. The van der Waals surface area contributed by atoms with Crippen molar-refractivity contribution in [2.24, 2.45) is 0 Å². The van der Waals surface area contributed by atoms with Crippen LogP contribution in [0.3, 0.4) is 0 Å². The summed E-state index contributed by atoms with van der Waals surface area (Å²) in [4.78, 5) is 27.0. The fourth-order valence-corrected chi connectivity index (χ4v) is 7.43. The fourth-order valence-electron chi connectivity index (χ4n) is 7.43. The zero-order valence-corrected chi connectivity index (χ0v) is 23.1. The number of carbonyl (C=O) groups excluding carboxylic acids is 2. The Kier molecular flexibility index (Phi) is 4.40. The molecule has 40 heavy (non-hydrogen) atoms. The Balaban J connectivity index is 1.27. The van der Waals surface area contributed by atoms with Crippen molar-refractivity contribution >= 4 is 11.6 Å². The highest BCUT2D eigenvalue weighted by Crippen LogP contribution is 2.52. The van der Waals surface area contributed by atoms with Crippen molar-refractivity contribution < 1.29 is 9.59 Å². The van der Waals surface area contributed by atoms with Crippen LogP contribution >= 0.6 is 0 Å². The minimum absolute atomic E-state index is 0.106. The predicted octanol–water partition coefficient (Wildman–Crippen LogP) is 9.01. The summed E-state index contributed by atoms with van der Waals surface area (Å²) < 4.78 is 0. The van der Waals surface area contributed by atoms with Crippen LogP contribution in [0, 0.1) is 0 Å². The van der Waals surface area contributed by atoms with Crippen LogP contribution in [-0.4, -0.2) is 11.6 Å². The van der Waals surface area contributed by atoms with E-state index in [0.717, 1.165) is 33.4 Å². The van der Waals surface area contributed by atoms with Crippen molar-refractivity contribution in [1.82, 2.24) is 0 Å². The summed E-state index contributed by atoms with van der Waals surface area (Å²) in [6, 6.07) is 33.7. The Bertz CT molecular complexity index is 1990. The normalized spacial score (nSPS) is 16.5. The molecule has 5 aromatic rings. The van der Waals surface area contributed by atoms with Crippen molar-refractivity contribution in [2.45, 2.75) is 38.5 Å². The summed E-state index contributed by atoms with van der Waals surface area (Å²) in [5.41, 5.74) is 14.2. The molecule has 192 valence electrons. The molecule has 0 bridgehead atoms. The van der Waals surface area contributed by atoms with E-state index in [9.17, 15) is 9.59 Å². The van der Waals surface area contributed by atoms with Crippen LogP contribution in [0.15, 0.2) is 97.1 Å². The van der Waals surface area contributed by atoms with Crippen LogP contribution < -0.4 is 0 Å². The van der Waals surface area contributed by atoms with E-state index < -0.39 is 11.6 Å². The molecule has 0 aromatic heterocycles. The Morgan fingerprint density at radius 1 is 0.375 bits per heavy atom. The molecule has 0 unspecified atom stereocenters. The number of rotatable bonds is 1. The van der Waals surface area contributed by atoms with Crippen LogP contribution in [0.1, 0.15) is 70.7 Å². The lowest BCUT2D eigenvalue weighted by atomic mass is 9.77. The van der Waals surface area contributed by atoms with E-state index in [1.165, 1.54) is 33.4 Å². The maximum absolute atomic E-state index is 13.5. The predicted molar refractivity (Wildman–Crippen MR) is 161 cm³/mol. The lowest BCUT2D eigenvalue weighted by molar-refractivity contribution is 0.0815. The second kappa shape index (κ2) is 7.55. The Morgan fingerprint density at radius 2 is 0.850 bits per heavy atom. The van der Waals surface area contributed by atoms with E-state index in [-0.39, 0.29) is 10.8 Å². The molecule has 2 nitrogen and oxygen atoms in total. The van der Waals surface area contributed by atoms with Gasteiger partial charge in [0.15, 0.2) is 0 Å². The molecule has 0 atom stereocenters. The minimum Gasteiger partial charge on any atom is -0.285 e. The molecule has 0 N–H and O–H groups in total. The van der Waals surface area contributed by atoms with Gasteiger partial charge in [0.2, 0.25) is 11.6 Å². The number of hydrogen-bond acceptors (Lipinski definition) is 2. The summed E-state index contributed by atoms with van der Waals surface area (Å²) in [5, 5.41) is 0. The second-order valence-electron chi connectivity index (χ2n) is 12.5. The highest BCUT2D eigenvalue weighted by atomic mass is 16.2. The van der Waals surface area contributed by atoms with Crippen molar-refractivity contribution in [3.05, 3.63) is 130 Å². The number of ketones is 2. The third-order valence-corrected chi connectivity index (χ3v) is 9.64. The summed E-state index contributed by atoms with van der Waals surface area (Å²) in [5.74, 6) is -0.848. The van der Waals surface area contributed by atoms with E-state index in [1.807, 2.05) is 24.3 Å². The van der Waals surface area contributed by atoms with Gasteiger partial charge < -0.3 is 0 Å². The molecule has 2 heteroatoms. The fraction of sp³-hybridized carbons (Fsp3) is 0.158. The SMILES string of the molecule is CC1(C)c2ccccc2-c2ccc(-c3ccc4c(c3)C(=O)C(=O)c3cc5c(cc3-4)C(C)(C)c3ccccc3-5)cc21. The summed E-state index contributed by atoms with van der Waals surface area (Å²) in [6.07, 6.45) is 0. The first-order valence-corrected chi connectivity index (χ1v) is 13.9. The van der Waals surface area contributed by atoms with Crippen molar-refractivity contribution in [1.29, 1.82) is 0 Å². The Labute approximate surface area is 234 Å². The molecule has 3 aliphatic rings. The van der Waals surface area contributed by atoms with Crippen molar-refractivity contribution in [3.63, 3.8) is 0 Å². The molecule has 8 rings (SSSR count). The highest BCUT2D eigenvalue weighted by Gasteiger charge is 2.40. The molecule has 0 saturated heterocycles. The Morgan fingerprint density at radius 3 is 1.50 bits per heavy atom. The first-order chi connectivity index (χ1) is 19.2. The summed E-state index contributed by atoms with van der Waals surface area (Å²) >= 11 is 0. The van der Waals surface area contributed by atoms with Crippen LogP contribution in [0.4, 0.5) is 0 Å². The van der Waals surface area contributed by atoms with E-state index >= 15 is 0 Å². The van der Waals surface area contributed by atoms with Gasteiger partial charge in [-0.05, 0) is 91.0 Å². The Hall–Kier alpha value is -4.56. The number of fused-ring (bicyclic) bond motifs is 9. The highest BCUT2D eigenvalue weighted by molar-refractivity contribution is 6.53. The molecule has 0 aliphatic heterocycles. The van der Waals surface area contributed by atoms with Crippen molar-refractivity contribution in [3.8, 4) is 44.5 Å². The van der Waals surface area contributed by atoms with Gasteiger partial charge in [0.25, 0.3) is 0 Å². The minimum atomic E-state index is -0.427. The zero-order chi connectivity index (χ0) is 27.6. The lowest BCUT2D eigenvalue weighted by Gasteiger charge is -2.25. The van der Waals surface area contributed by atoms with Crippen molar-refractivity contribution in [2.75, 3.05) is 0 Å². The van der Waals surface area contributed by atoms with Gasteiger partial charge in [0.1, 0.15) is 0 Å². The smallest absolute Gasteiger partial charge is 0.234 e. The lowest BCUT2D eigenvalue weighted by Crippen LogP contribution is -2.22. The van der Waals surface area contributed by atoms with E-state index in [1.54, 1.807) is 0 Å². The van der Waals surface area contributed by atoms with Gasteiger partial charge >= 0.3 is 0 Å². The maximum atomic E-state index is 13.5. The third-order valence-electron chi connectivity index (χ3n) is 9.64. The quantitative estimate of drug-likeness (QED) is 0.208. The van der Waals surface area contributed by atoms with Crippen LogP contribution in [0.25, 0.3) is 44.5 Å². The van der Waals surface area contributed by atoms with Gasteiger partial charge in [-0.1, -0.05) is 100 Å². The van der Waals surface area contributed by atoms with E-state index in [0.29, 0.717) is 11.1 Å². The van der Waals surface area contributed by atoms with Gasteiger partial charge in [-0.25, -0.2) is 0 Å². The summed E-state index contributed by atoms with van der Waals surface area (Å²) in [6.45, 7) is 9.01. The average molecular weight is 517 g/mol. The van der Waals surface area contributed by atoms with Gasteiger partial charge in [0, 0.05) is 22.0 Å². The third kappa shape index (κ3) is 2.83. The van der Waals surface area contributed by atoms with Gasteiger partial charge in [-0.2, -0.15) is 0 Å². The molecule has 0 saturated carbocycles. The molecule has 0 spiro atoms. The molecule has 5 aromatic carbocycles. The number of carbonyl (C=O) groups is 2. The first kappa shape index (κ1) is 23.3. The zero-order valence-electron chi connectivity index (χ0n) is 23.1. The van der Waals surface area contributed by atoms with Crippen LogP contribution in [-0.2, 0) is 10.8 Å². The molecule has 0 radical (unpaired) electrons. The first-order valence-electron chi connectivity index (χ1n) is 13.9. The van der Waals surface area contributed by atoms with Gasteiger partial charge in [-0.15, -0.1) is 0 Å². The number of hydrogen-bond donors (Lipinski definition) is 0. The largest absolute Gasteiger partial charge is 0.285 e. The molecular weight excluding hydrogens is 488 g/mol. The standard InChI is InChI=1S/C38H28O2/c1-37(2)31-11-7-5-9-24(31)26-16-14-22(18-33(26)37)21-13-15-23-27-20-34-28(19-30(27)36(40)35(39)29(23)17-21)25-10-6-8-12-32(25)38(34,3)4/h5-20H,1-4H3. The molecule has 3 aliphatic carbocycles. The second-order valence-corrected chi connectivity index (χ2v) is 12.5. The summed E-state index contributed by atoms with van der Waals surface area (Å²) in [7, 11) is 0. The maximum Gasteiger partial charge on any atom is 0.234 e. The van der Waals surface area contributed by atoms with Gasteiger partial charge in [0.05, 0.1) is 0 Å². The number of Topliss-reactive ketones (excluding diaryl/α,β-unsaturated/α-hetero) is 2. The topological polar surface area (TPSA) is 34.1 Å². The van der Waals surface area contributed by atoms with Gasteiger partial charge in [-0.3, -0.25) is 9.59 Å². The molecular formula is C38H28O2. The molecule has 0 fully saturated rings. The van der Waals surface area contributed by atoms with Crippen LogP contribution in [0.2, 0.25) is 0 Å². The van der Waals surface area contributed by atoms with E-state index in [2.05, 4.69) is 100 Å².